The normalized spacial score (nSPS) is 11.6. The van der Waals surface area contributed by atoms with Crippen LogP contribution in [-0.4, -0.2) is 20.1 Å². The number of pyridine rings is 1. The van der Waals surface area contributed by atoms with Gasteiger partial charge in [-0.15, -0.1) is 0 Å². The molecule has 0 bridgehead atoms. The first-order chi connectivity index (χ1) is 13.5. The maximum atomic E-state index is 14.7. The second-order valence-electron chi connectivity index (χ2n) is 6.63. The highest BCUT2D eigenvalue weighted by atomic mass is 19.1. The summed E-state index contributed by atoms with van der Waals surface area (Å²) < 4.78 is 34.2. The molecule has 0 aliphatic heterocycles. The van der Waals surface area contributed by atoms with E-state index in [-0.39, 0.29) is 10.9 Å². The van der Waals surface area contributed by atoms with E-state index in [0.29, 0.717) is 22.4 Å². The fraction of sp³-hybridized carbons (Fsp3) is 0.0952. The Labute approximate surface area is 158 Å². The minimum Gasteiger partial charge on any atom is -0.361 e. The average Bonchev–Trinajstić information content (AvgIpc) is 3.29. The fourth-order valence-corrected chi connectivity index (χ4v) is 3.71. The van der Waals surface area contributed by atoms with Gasteiger partial charge in [0.1, 0.15) is 22.9 Å². The first-order valence-electron chi connectivity index (χ1n) is 8.68. The third-order valence-electron chi connectivity index (χ3n) is 4.93. The molecule has 3 aromatic heterocycles. The molecule has 1 N–H and O–H groups in total. The van der Waals surface area contributed by atoms with Gasteiger partial charge in [-0.1, -0.05) is 5.16 Å². The topological polar surface area (TPSA) is 67.6 Å². The molecule has 0 unspecified atom stereocenters. The second-order valence-corrected chi connectivity index (χ2v) is 6.63. The van der Waals surface area contributed by atoms with E-state index in [1.807, 2.05) is 26.0 Å². The first-order valence-corrected chi connectivity index (χ1v) is 8.68. The lowest BCUT2D eigenvalue weighted by Gasteiger charge is -2.11. The maximum absolute atomic E-state index is 14.7. The van der Waals surface area contributed by atoms with Crippen LogP contribution in [0, 0.1) is 25.5 Å². The van der Waals surface area contributed by atoms with E-state index in [4.69, 9.17) is 4.52 Å². The quantitative estimate of drug-likeness (QED) is 0.452. The predicted octanol–water partition coefficient (Wildman–Crippen LogP) is 5.33. The molecule has 0 fully saturated rings. The van der Waals surface area contributed by atoms with Crippen LogP contribution in [0.3, 0.4) is 0 Å². The summed E-state index contributed by atoms with van der Waals surface area (Å²) in [5.41, 5.74) is 5.08. The number of aryl methyl sites for hydroxylation is 2. The van der Waals surface area contributed by atoms with Crippen LogP contribution in [0.1, 0.15) is 11.5 Å². The van der Waals surface area contributed by atoms with Gasteiger partial charge in [-0.3, -0.25) is 4.98 Å². The van der Waals surface area contributed by atoms with Crippen molar-refractivity contribution in [2.45, 2.75) is 13.8 Å². The van der Waals surface area contributed by atoms with Crippen LogP contribution in [0.15, 0.2) is 47.4 Å². The molecule has 2 aromatic carbocycles. The summed E-state index contributed by atoms with van der Waals surface area (Å²) in [5.74, 6) is -0.427. The zero-order valence-electron chi connectivity index (χ0n) is 15.0. The molecular formula is C21H14F2N4O. The number of nitrogens with one attached hydrogen (secondary N) is 1. The van der Waals surface area contributed by atoms with Crippen LogP contribution in [-0.2, 0) is 0 Å². The molecule has 28 heavy (non-hydrogen) atoms. The SMILES string of the molecule is Cc1noc(C)c1-c1cc(-c2ccnc3c(F)ccc(F)c23)c2nc[nH]c2c1. The molecule has 5 aromatic rings. The lowest BCUT2D eigenvalue weighted by atomic mass is 9.94. The van der Waals surface area contributed by atoms with Crippen molar-refractivity contribution in [3.05, 3.63) is 65.9 Å². The minimum absolute atomic E-state index is 0.0103. The van der Waals surface area contributed by atoms with E-state index in [0.717, 1.165) is 34.5 Å². The van der Waals surface area contributed by atoms with Gasteiger partial charge in [0.05, 0.1) is 23.1 Å². The highest BCUT2D eigenvalue weighted by molar-refractivity contribution is 6.04. The first kappa shape index (κ1) is 16.6. The lowest BCUT2D eigenvalue weighted by molar-refractivity contribution is 0.393. The van der Waals surface area contributed by atoms with Gasteiger partial charge in [0, 0.05) is 22.7 Å². The Morgan fingerprint density at radius 2 is 1.75 bits per heavy atom. The molecule has 7 heteroatoms. The number of nitrogens with zero attached hydrogens (tertiary/aromatic N) is 3. The zero-order chi connectivity index (χ0) is 19.4. The molecule has 0 saturated carbocycles. The third kappa shape index (κ3) is 2.32. The Morgan fingerprint density at radius 3 is 2.54 bits per heavy atom. The summed E-state index contributed by atoms with van der Waals surface area (Å²) >= 11 is 0. The Balaban J connectivity index is 1.90. The van der Waals surface area contributed by atoms with E-state index >= 15 is 0 Å². The van der Waals surface area contributed by atoms with Crippen LogP contribution in [0.5, 0.6) is 0 Å². The zero-order valence-corrected chi connectivity index (χ0v) is 15.0. The summed E-state index contributed by atoms with van der Waals surface area (Å²) in [4.78, 5) is 11.5. The maximum Gasteiger partial charge on any atom is 0.149 e. The third-order valence-corrected chi connectivity index (χ3v) is 4.93. The molecule has 138 valence electrons. The highest BCUT2D eigenvalue weighted by Crippen LogP contribution is 2.38. The number of halogens is 2. The van der Waals surface area contributed by atoms with E-state index in [1.165, 1.54) is 6.20 Å². The minimum atomic E-state index is -0.571. The van der Waals surface area contributed by atoms with Gasteiger partial charge in [0.2, 0.25) is 0 Å². The molecule has 0 aliphatic carbocycles. The molecule has 0 spiro atoms. The van der Waals surface area contributed by atoms with Crippen LogP contribution < -0.4 is 0 Å². The van der Waals surface area contributed by atoms with Crippen LogP contribution in [0.4, 0.5) is 8.78 Å². The molecule has 5 nitrogen and oxygen atoms in total. The summed E-state index contributed by atoms with van der Waals surface area (Å²) in [6.45, 7) is 3.70. The molecule has 0 aliphatic rings. The Morgan fingerprint density at radius 1 is 0.929 bits per heavy atom. The molecule has 0 amide bonds. The standard InChI is InChI=1S/C21H14F2N4O/c1-10-18(11(2)28-27-10)12-7-14(20-17(8-12)25-9-26-20)13-5-6-24-21-16(23)4-3-15(22)19(13)21/h3-9H,1-2H3,(H,25,26). The Kier molecular flexibility index (Phi) is 3.52. The van der Waals surface area contributed by atoms with Gasteiger partial charge < -0.3 is 9.51 Å². The smallest absolute Gasteiger partial charge is 0.149 e. The summed E-state index contributed by atoms with van der Waals surface area (Å²) in [6.07, 6.45) is 3.05. The van der Waals surface area contributed by atoms with Gasteiger partial charge in [-0.2, -0.15) is 0 Å². The van der Waals surface area contributed by atoms with E-state index in [1.54, 1.807) is 12.4 Å². The number of imidazole rings is 1. The average molecular weight is 376 g/mol. The molecule has 0 atom stereocenters. The van der Waals surface area contributed by atoms with E-state index in [2.05, 4.69) is 20.1 Å². The molecule has 0 radical (unpaired) electrons. The monoisotopic (exact) mass is 376 g/mol. The van der Waals surface area contributed by atoms with Crippen molar-refractivity contribution >= 4 is 21.9 Å². The van der Waals surface area contributed by atoms with Gasteiger partial charge in [-0.25, -0.2) is 13.8 Å². The summed E-state index contributed by atoms with van der Waals surface area (Å²) in [5, 5.41) is 4.15. The van der Waals surface area contributed by atoms with Crippen molar-refractivity contribution in [2.75, 3.05) is 0 Å². The van der Waals surface area contributed by atoms with Crippen LogP contribution in [0.25, 0.3) is 44.2 Å². The van der Waals surface area contributed by atoms with Crippen molar-refractivity contribution in [1.29, 1.82) is 0 Å². The van der Waals surface area contributed by atoms with Crippen molar-refractivity contribution in [2.24, 2.45) is 0 Å². The lowest BCUT2D eigenvalue weighted by Crippen LogP contribution is -1.93. The van der Waals surface area contributed by atoms with Gasteiger partial charge in [0.25, 0.3) is 0 Å². The predicted molar refractivity (Wildman–Crippen MR) is 102 cm³/mol. The van der Waals surface area contributed by atoms with Crippen LogP contribution >= 0.6 is 0 Å². The number of H-pyrrole nitrogens is 1. The van der Waals surface area contributed by atoms with Gasteiger partial charge in [0.15, 0.2) is 0 Å². The van der Waals surface area contributed by atoms with Crippen molar-refractivity contribution in [3.8, 4) is 22.3 Å². The molecular weight excluding hydrogens is 362 g/mol. The van der Waals surface area contributed by atoms with Crippen LogP contribution in [0.2, 0.25) is 0 Å². The molecule has 5 rings (SSSR count). The second kappa shape index (κ2) is 5.95. The Bertz CT molecular complexity index is 1350. The summed E-state index contributed by atoms with van der Waals surface area (Å²) in [7, 11) is 0. The number of hydrogen-bond acceptors (Lipinski definition) is 4. The van der Waals surface area contributed by atoms with Gasteiger partial charge in [-0.05, 0) is 55.3 Å². The molecule has 3 heterocycles. The van der Waals surface area contributed by atoms with E-state index in [9.17, 15) is 8.78 Å². The number of rotatable bonds is 2. The van der Waals surface area contributed by atoms with E-state index < -0.39 is 11.6 Å². The largest absolute Gasteiger partial charge is 0.361 e. The highest BCUT2D eigenvalue weighted by Gasteiger charge is 2.19. The van der Waals surface area contributed by atoms with Crippen molar-refractivity contribution in [1.82, 2.24) is 20.1 Å². The number of hydrogen-bond donors (Lipinski definition) is 1. The van der Waals surface area contributed by atoms with Crippen molar-refractivity contribution in [3.63, 3.8) is 0 Å². The van der Waals surface area contributed by atoms with Gasteiger partial charge >= 0.3 is 0 Å². The fourth-order valence-electron chi connectivity index (χ4n) is 3.71. The number of fused-ring (bicyclic) bond motifs is 2. The molecule has 0 saturated heterocycles. The number of benzene rings is 2. The Hall–Kier alpha value is -3.61. The number of aromatic amines is 1. The van der Waals surface area contributed by atoms with Crippen molar-refractivity contribution < 1.29 is 13.3 Å². The summed E-state index contributed by atoms with van der Waals surface area (Å²) in [6, 6.07) is 7.71. The number of aromatic nitrogens is 4.